The number of nitrogens with two attached hydrogens (primary N) is 1. The number of methoxy groups -OCH3 is 1. The molecule has 1 aliphatic carbocycles. The fourth-order valence-electron chi connectivity index (χ4n) is 3.04. The number of anilines is 1. The number of nitrogens with zero attached hydrogens (tertiary/aromatic N) is 1. The highest BCUT2D eigenvalue weighted by atomic mass is 16.5. The lowest BCUT2D eigenvalue weighted by Gasteiger charge is -2.38. The number of carbonyl (C=O) groups is 1. The summed E-state index contributed by atoms with van der Waals surface area (Å²) in [6, 6.07) is 7.47. The van der Waals surface area contributed by atoms with Gasteiger partial charge in [0.25, 0.3) is 0 Å². The predicted octanol–water partition coefficient (Wildman–Crippen LogP) is 2.57. The van der Waals surface area contributed by atoms with Gasteiger partial charge in [0, 0.05) is 12.7 Å². The molecule has 1 aliphatic rings. The van der Waals surface area contributed by atoms with Gasteiger partial charge < -0.3 is 15.4 Å². The van der Waals surface area contributed by atoms with Gasteiger partial charge in [-0.2, -0.15) is 0 Å². The standard InChI is InChI=1S/C16H24N2O2/c1-12-5-4-10-16(17,11-12)15(19)18(2)13-6-8-14(20-3)9-7-13/h6-9,12H,4-5,10-11,17H2,1-3H3. The second-order valence-corrected chi connectivity index (χ2v) is 5.92. The smallest absolute Gasteiger partial charge is 0.246 e. The van der Waals surface area contributed by atoms with Gasteiger partial charge in [-0.25, -0.2) is 0 Å². The third kappa shape index (κ3) is 2.96. The molecule has 0 aliphatic heterocycles. The van der Waals surface area contributed by atoms with E-state index in [1.807, 2.05) is 24.3 Å². The molecule has 1 amide bonds. The van der Waals surface area contributed by atoms with Crippen molar-refractivity contribution < 1.29 is 9.53 Å². The van der Waals surface area contributed by atoms with E-state index in [1.54, 1.807) is 19.1 Å². The monoisotopic (exact) mass is 276 g/mol. The van der Waals surface area contributed by atoms with Crippen LogP contribution in [0.3, 0.4) is 0 Å². The lowest BCUT2D eigenvalue weighted by Crippen LogP contribution is -2.56. The van der Waals surface area contributed by atoms with E-state index in [2.05, 4.69) is 6.92 Å². The summed E-state index contributed by atoms with van der Waals surface area (Å²) in [5.74, 6) is 1.31. The maximum absolute atomic E-state index is 12.7. The summed E-state index contributed by atoms with van der Waals surface area (Å²) >= 11 is 0. The number of rotatable bonds is 3. The number of hydrogen-bond acceptors (Lipinski definition) is 3. The third-order valence-electron chi connectivity index (χ3n) is 4.22. The Morgan fingerprint density at radius 3 is 2.60 bits per heavy atom. The average Bonchev–Trinajstić information content (AvgIpc) is 2.45. The third-order valence-corrected chi connectivity index (χ3v) is 4.22. The summed E-state index contributed by atoms with van der Waals surface area (Å²) in [5, 5.41) is 0. The van der Waals surface area contributed by atoms with Gasteiger partial charge in [0.2, 0.25) is 5.91 Å². The Morgan fingerprint density at radius 1 is 1.40 bits per heavy atom. The largest absolute Gasteiger partial charge is 0.497 e. The first-order valence-electron chi connectivity index (χ1n) is 7.17. The van der Waals surface area contributed by atoms with E-state index in [4.69, 9.17) is 10.5 Å². The Balaban J connectivity index is 2.14. The molecule has 2 unspecified atom stereocenters. The number of amides is 1. The molecule has 0 saturated heterocycles. The minimum atomic E-state index is -0.716. The van der Waals surface area contributed by atoms with Crippen LogP contribution in [0.4, 0.5) is 5.69 Å². The topological polar surface area (TPSA) is 55.6 Å². The van der Waals surface area contributed by atoms with E-state index in [0.29, 0.717) is 5.92 Å². The van der Waals surface area contributed by atoms with Gasteiger partial charge in [0.1, 0.15) is 5.75 Å². The fourth-order valence-corrected chi connectivity index (χ4v) is 3.04. The lowest BCUT2D eigenvalue weighted by molar-refractivity contribution is -0.125. The van der Waals surface area contributed by atoms with Crippen LogP contribution in [0.1, 0.15) is 32.6 Å². The molecule has 1 aromatic carbocycles. The van der Waals surface area contributed by atoms with E-state index in [1.165, 1.54) is 6.42 Å². The van der Waals surface area contributed by atoms with E-state index >= 15 is 0 Å². The lowest BCUT2D eigenvalue weighted by atomic mass is 9.76. The van der Waals surface area contributed by atoms with Crippen molar-refractivity contribution in [3.63, 3.8) is 0 Å². The Morgan fingerprint density at radius 2 is 2.05 bits per heavy atom. The average molecular weight is 276 g/mol. The molecule has 0 aromatic heterocycles. The minimum absolute atomic E-state index is 0.00853. The number of carbonyl (C=O) groups excluding carboxylic acids is 1. The molecule has 2 rings (SSSR count). The molecule has 1 saturated carbocycles. The van der Waals surface area contributed by atoms with Crippen molar-refractivity contribution in [1.29, 1.82) is 0 Å². The molecule has 20 heavy (non-hydrogen) atoms. The van der Waals surface area contributed by atoms with Crippen LogP contribution in [0.25, 0.3) is 0 Å². The molecule has 1 fully saturated rings. The van der Waals surface area contributed by atoms with E-state index in [9.17, 15) is 4.79 Å². The molecular formula is C16H24N2O2. The summed E-state index contributed by atoms with van der Waals surface area (Å²) in [6.07, 6.45) is 3.74. The Kier molecular flexibility index (Phi) is 4.33. The second kappa shape index (κ2) is 5.83. The highest BCUT2D eigenvalue weighted by Crippen LogP contribution is 2.32. The van der Waals surface area contributed by atoms with Crippen LogP contribution >= 0.6 is 0 Å². The Hall–Kier alpha value is -1.55. The van der Waals surface area contributed by atoms with Gasteiger partial charge in [0.05, 0.1) is 12.6 Å². The molecule has 1 aromatic rings. The van der Waals surface area contributed by atoms with Crippen LogP contribution < -0.4 is 15.4 Å². The molecular weight excluding hydrogens is 252 g/mol. The fraction of sp³-hybridized carbons (Fsp3) is 0.562. The highest BCUT2D eigenvalue weighted by molar-refractivity contribution is 5.99. The van der Waals surface area contributed by atoms with Crippen LogP contribution in [-0.2, 0) is 4.79 Å². The maximum Gasteiger partial charge on any atom is 0.246 e. The van der Waals surface area contributed by atoms with Crippen LogP contribution in [0.2, 0.25) is 0 Å². The van der Waals surface area contributed by atoms with Crippen molar-refractivity contribution in [3.8, 4) is 5.75 Å². The summed E-state index contributed by atoms with van der Waals surface area (Å²) in [5.41, 5.74) is 6.50. The minimum Gasteiger partial charge on any atom is -0.497 e. The Bertz CT molecular complexity index is 472. The van der Waals surface area contributed by atoms with Gasteiger partial charge in [-0.1, -0.05) is 19.8 Å². The summed E-state index contributed by atoms with van der Waals surface area (Å²) < 4.78 is 5.13. The van der Waals surface area contributed by atoms with Crippen molar-refractivity contribution in [3.05, 3.63) is 24.3 Å². The van der Waals surface area contributed by atoms with Crippen LogP contribution in [0, 0.1) is 5.92 Å². The first-order valence-corrected chi connectivity index (χ1v) is 7.17. The molecule has 0 radical (unpaired) electrons. The molecule has 0 heterocycles. The predicted molar refractivity (Wildman–Crippen MR) is 81.0 cm³/mol. The number of hydrogen-bond donors (Lipinski definition) is 1. The van der Waals surface area contributed by atoms with E-state index in [0.717, 1.165) is 30.7 Å². The first kappa shape index (κ1) is 14.9. The molecule has 0 spiro atoms. The number of likely N-dealkylation sites (N-methyl/N-ethyl adjacent to an activating group) is 1. The number of ether oxygens (including phenoxy) is 1. The molecule has 4 heteroatoms. The maximum atomic E-state index is 12.7. The molecule has 2 N–H and O–H groups in total. The summed E-state index contributed by atoms with van der Waals surface area (Å²) in [6.45, 7) is 2.17. The van der Waals surface area contributed by atoms with Gasteiger partial charge in [0.15, 0.2) is 0 Å². The van der Waals surface area contributed by atoms with E-state index < -0.39 is 5.54 Å². The SMILES string of the molecule is COc1ccc(N(C)C(=O)C2(N)CCCC(C)C2)cc1. The van der Waals surface area contributed by atoms with Gasteiger partial charge in [-0.15, -0.1) is 0 Å². The van der Waals surface area contributed by atoms with Crippen LogP contribution in [0.15, 0.2) is 24.3 Å². The van der Waals surface area contributed by atoms with Crippen molar-refractivity contribution in [2.24, 2.45) is 11.7 Å². The van der Waals surface area contributed by atoms with Gasteiger partial charge in [-0.3, -0.25) is 4.79 Å². The van der Waals surface area contributed by atoms with E-state index in [-0.39, 0.29) is 5.91 Å². The van der Waals surface area contributed by atoms with Crippen molar-refractivity contribution in [2.75, 3.05) is 19.1 Å². The summed E-state index contributed by atoms with van der Waals surface area (Å²) in [7, 11) is 3.42. The first-order chi connectivity index (χ1) is 9.46. The highest BCUT2D eigenvalue weighted by Gasteiger charge is 2.39. The van der Waals surface area contributed by atoms with Crippen LogP contribution in [-0.4, -0.2) is 25.6 Å². The molecule has 0 bridgehead atoms. The van der Waals surface area contributed by atoms with Crippen LogP contribution in [0.5, 0.6) is 5.75 Å². The van der Waals surface area contributed by atoms with Crippen molar-refractivity contribution >= 4 is 11.6 Å². The van der Waals surface area contributed by atoms with Gasteiger partial charge in [-0.05, 0) is 43.0 Å². The number of benzene rings is 1. The zero-order chi connectivity index (χ0) is 14.8. The van der Waals surface area contributed by atoms with Crippen molar-refractivity contribution in [1.82, 2.24) is 0 Å². The normalized spacial score (nSPS) is 26.1. The zero-order valence-corrected chi connectivity index (χ0v) is 12.6. The van der Waals surface area contributed by atoms with Crippen molar-refractivity contribution in [2.45, 2.75) is 38.1 Å². The molecule has 2 atom stereocenters. The molecule has 4 nitrogen and oxygen atoms in total. The Labute approximate surface area is 120 Å². The zero-order valence-electron chi connectivity index (χ0n) is 12.6. The van der Waals surface area contributed by atoms with Gasteiger partial charge >= 0.3 is 0 Å². The second-order valence-electron chi connectivity index (χ2n) is 5.92. The summed E-state index contributed by atoms with van der Waals surface area (Å²) in [4.78, 5) is 14.4. The quantitative estimate of drug-likeness (QED) is 0.923. The molecule has 110 valence electrons.